The molecule has 0 amide bonds. The van der Waals surface area contributed by atoms with Gasteiger partial charge in [0, 0.05) is 0 Å². The van der Waals surface area contributed by atoms with Crippen molar-refractivity contribution in [3.05, 3.63) is 59.9 Å². The lowest BCUT2D eigenvalue weighted by Crippen LogP contribution is -2.00. The highest BCUT2D eigenvalue weighted by molar-refractivity contribution is 5.51. The van der Waals surface area contributed by atoms with Crippen molar-refractivity contribution >= 4 is 11.5 Å². The van der Waals surface area contributed by atoms with Crippen LogP contribution in [0.25, 0.3) is 5.65 Å². The zero-order chi connectivity index (χ0) is 13.2. The van der Waals surface area contributed by atoms with Crippen molar-refractivity contribution in [1.82, 2.24) is 9.38 Å². The fourth-order valence-corrected chi connectivity index (χ4v) is 2.08. The number of hydrogen-bond acceptors (Lipinski definition) is 3. The summed E-state index contributed by atoms with van der Waals surface area (Å²) in [6, 6.07) is 13.9. The summed E-state index contributed by atoms with van der Waals surface area (Å²) in [5, 5.41) is 0. The zero-order valence-corrected chi connectivity index (χ0v) is 10.7. The molecule has 4 nitrogen and oxygen atoms in total. The van der Waals surface area contributed by atoms with Crippen LogP contribution in [0.15, 0.2) is 48.7 Å². The topological polar surface area (TPSA) is 52.5 Å². The largest absolute Gasteiger partial charge is 0.487 e. The highest BCUT2D eigenvalue weighted by Gasteiger charge is 2.06. The maximum absolute atomic E-state index is 5.85. The Morgan fingerprint density at radius 2 is 1.95 bits per heavy atom. The Labute approximate surface area is 111 Å². The molecule has 0 fully saturated rings. The normalized spacial score (nSPS) is 10.8. The number of nitrogen functional groups attached to an aromatic ring is 1. The van der Waals surface area contributed by atoms with E-state index in [0.29, 0.717) is 12.4 Å². The Balaban J connectivity index is 1.87. The van der Waals surface area contributed by atoms with Gasteiger partial charge in [0.25, 0.3) is 0 Å². The van der Waals surface area contributed by atoms with E-state index >= 15 is 0 Å². The van der Waals surface area contributed by atoms with Gasteiger partial charge in [-0.2, -0.15) is 0 Å². The number of nitrogens with zero attached hydrogens (tertiary/aromatic N) is 2. The number of aryl methyl sites for hydroxylation is 1. The summed E-state index contributed by atoms with van der Waals surface area (Å²) in [6.45, 7) is 2.55. The number of aromatic nitrogens is 2. The van der Waals surface area contributed by atoms with Gasteiger partial charge in [0.15, 0.2) is 0 Å². The molecule has 4 heteroatoms. The summed E-state index contributed by atoms with van der Waals surface area (Å²) in [5.74, 6) is 1.36. The van der Waals surface area contributed by atoms with E-state index in [0.717, 1.165) is 22.7 Å². The number of hydrogen-bond donors (Lipinski definition) is 1. The molecule has 0 saturated heterocycles. The SMILES string of the molecule is Cc1c(OCc2ccccc2)ccc2nc(N)cn12. The lowest BCUT2D eigenvalue weighted by Gasteiger charge is -2.10. The molecule has 0 saturated carbocycles. The van der Waals surface area contributed by atoms with Crippen LogP contribution >= 0.6 is 0 Å². The second kappa shape index (κ2) is 4.65. The van der Waals surface area contributed by atoms with Crippen LogP contribution in [0.3, 0.4) is 0 Å². The van der Waals surface area contributed by atoms with E-state index in [-0.39, 0.29) is 0 Å². The number of rotatable bonds is 3. The molecule has 0 aliphatic carbocycles. The van der Waals surface area contributed by atoms with Crippen LogP contribution in [-0.4, -0.2) is 9.38 Å². The van der Waals surface area contributed by atoms with Crippen LogP contribution in [0.2, 0.25) is 0 Å². The first-order valence-electron chi connectivity index (χ1n) is 6.15. The van der Waals surface area contributed by atoms with Crippen molar-refractivity contribution in [3.63, 3.8) is 0 Å². The minimum Gasteiger partial charge on any atom is -0.487 e. The highest BCUT2D eigenvalue weighted by atomic mass is 16.5. The molecule has 19 heavy (non-hydrogen) atoms. The van der Waals surface area contributed by atoms with Crippen LogP contribution in [0.5, 0.6) is 5.75 Å². The molecule has 2 aromatic heterocycles. The van der Waals surface area contributed by atoms with E-state index in [1.807, 2.05) is 53.8 Å². The molecular weight excluding hydrogens is 238 g/mol. The second-order valence-corrected chi connectivity index (χ2v) is 4.45. The quantitative estimate of drug-likeness (QED) is 0.781. The number of pyridine rings is 1. The van der Waals surface area contributed by atoms with E-state index in [1.54, 1.807) is 6.20 Å². The minimum absolute atomic E-state index is 0.517. The molecule has 3 aromatic rings. The van der Waals surface area contributed by atoms with Crippen LogP contribution < -0.4 is 10.5 Å². The predicted molar refractivity (Wildman–Crippen MR) is 75.1 cm³/mol. The minimum atomic E-state index is 0.517. The third kappa shape index (κ3) is 2.25. The molecule has 96 valence electrons. The van der Waals surface area contributed by atoms with Gasteiger partial charge in [-0.05, 0) is 24.6 Å². The van der Waals surface area contributed by atoms with Gasteiger partial charge in [-0.1, -0.05) is 30.3 Å². The van der Waals surface area contributed by atoms with Gasteiger partial charge in [-0.25, -0.2) is 4.98 Å². The second-order valence-electron chi connectivity index (χ2n) is 4.45. The fourth-order valence-electron chi connectivity index (χ4n) is 2.08. The first kappa shape index (κ1) is 11.6. The molecule has 0 spiro atoms. The molecule has 0 unspecified atom stereocenters. The Bertz CT molecular complexity index is 704. The monoisotopic (exact) mass is 253 g/mol. The molecule has 0 aliphatic heterocycles. The van der Waals surface area contributed by atoms with Gasteiger partial charge in [-0.3, -0.25) is 4.40 Å². The number of fused-ring (bicyclic) bond motifs is 1. The van der Waals surface area contributed by atoms with Gasteiger partial charge in [0.1, 0.15) is 23.8 Å². The first-order valence-corrected chi connectivity index (χ1v) is 6.15. The molecule has 0 atom stereocenters. The van der Waals surface area contributed by atoms with Crippen LogP contribution in [-0.2, 0) is 6.61 Å². The van der Waals surface area contributed by atoms with Gasteiger partial charge in [-0.15, -0.1) is 0 Å². The molecule has 0 bridgehead atoms. The van der Waals surface area contributed by atoms with Gasteiger partial charge in [0.2, 0.25) is 0 Å². The highest BCUT2D eigenvalue weighted by Crippen LogP contribution is 2.21. The Kier molecular flexibility index (Phi) is 2.83. The number of nitrogens with two attached hydrogens (primary N) is 1. The standard InChI is InChI=1S/C15H15N3O/c1-11-13(19-10-12-5-3-2-4-6-12)7-8-15-17-14(16)9-18(11)15/h2-9H,10,16H2,1H3. The fraction of sp³-hybridized carbons (Fsp3) is 0.133. The van der Waals surface area contributed by atoms with Gasteiger partial charge in [0.05, 0.1) is 11.9 Å². The van der Waals surface area contributed by atoms with Crippen LogP contribution in [0.1, 0.15) is 11.3 Å². The average molecular weight is 253 g/mol. The molecule has 0 aliphatic rings. The number of anilines is 1. The van der Waals surface area contributed by atoms with Crippen molar-refractivity contribution in [2.24, 2.45) is 0 Å². The van der Waals surface area contributed by atoms with Crippen molar-refractivity contribution < 1.29 is 4.74 Å². The van der Waals surface area contributed by atoms with E-state index in [4.69, 9.17) is 10.5 Å². The lowest BCUT2D eigenvalue weighted by molar-refractivity contribution is 0.302. The number of imidazole rings is 1. The smallest absolute Gasteiger partial charge is 0.142 e. The molecule has 1 aromatic carbocycles. The predicted octanol–water partition coefficient (Wildman–Crippen LogP) is 2.80. The summed E-state index contributed by atoms with van der Waals surface area (Å²) in [7, 11) is 0. The van der Waals surface area contributed by atoms with Crippen LogP contribution in [0, 0.1) is 6.92 Å². The average Bonchev–Trinajstić information content (AvgIpc) is 2.81. The lowest BCUT2D eigenvalue weighted by atomic mass is 10.2. The number of ether oxygens (including phenoxy) is 1. The van der Waals surface area contributed by atoms with Crippen LogP contribution in [0.4, 0.5) is 5.82 Å². The molecule has 0 radical (unpaired) electrons. The molecule has 2 N–H and O–H groups in total. The maximum atomic E-state index is 5.85. The Hall–Kier alpha value is -2.49. The van der Waals surface area contributed by atoms with Crippen molar-refractivity contribution in [3.8, 4) is 5.75 Å². The molecule has 2 heterocycles. The summed E-state index contributed by atoms with van der Waals surface area (Å²) < 4.78 is 7.79. The number of benzene rings is 1. The Morgan fingerprint density at radius 3 is 2.74 bits per heavy atom. The van der Waals surface area contributed by atoms with Crippen molar-refractivity contribution in [2.45, 2.75) is 13.5 Å². The van der Waals surface area contributed by atoms with E-state index in [9.17, 15) is 0 Å². The first-order chi connectivity index (χ1) is 9.24. The van der Waals surface area contributed by atoms with E-state index < -0.39 is 0 Å². The van der Waals surface area contributed by atoms with Gasteiger partial charge < -0.3 is 10.5 Å². The summed E-state index contributed by atoms with van der Waals surface area (Å²) in [5.41, 5.74) is 8.68. The van der Waals surface area contributed by atoms with E-state index in [2.05, 4.69) is 4.98 Å². The summed E-state index contributed by atoms with van der Waals surface area (Å²) in [6.07, 6.45) is 1.81. The third-order valence-corrected chi connectivity index (χ3v) is 3.09. The van der Waals surface area contributed by atoms with Crippen molar-refractivity contribution in [2.75, 3.05) is 5.73 Å². The summed E-state index contributed by atoms with van der Waals surface area (Å²) in [4.78, 5) is 4.22. The molecular formula is C15H15N3O. The third-order valence-electron chi connectivity index (χ3n) is 3.09. The van der Waals surface area contributed by atoms with Crippen molar-refractivity contribution in [1.29, 1.82) is 0 Å². The maximum Gasteiger partial charge on any atom is 0.142 e. The molecule has 3 rings (SSSR count). The summed E-state index contributed by atoms with van der Waals surface area (Å²) >= 11 is 0. The Morgan fingerprint density at radius 1 is 1.16 bits per heavy atom. The van der Waals surface area contributed by atoms with E-state index in [1.165, 1.54) is 0 Å². The zero-order valence-electron chi connectivity index (χ0n) is 10.7. The van der Waals surface area contributed by atoms with Gasteiger partial charge >= 0.3 is 0 Å².